The van der Waals surface area contributed by atoms with Gasteiger partial charge in [-0.05, 0) is 37.8 Å². The molecule has 0 amide bonds. The fraction of sp³-hybridized carbons (Fsp3) is 0.417. The number of allylic oxidation sites excluding steroid dienone is 1. The molecule has 0 radical (unpaired) electrons. The van der Waals surface area contributed by atoms with Gasteiger partial charge in [-0.15, -0.1) is 0 Å². The molecule has 0 saturated heterocycles. The predicted octanol–water partition coefficient (Wildman–Crippen LogP) is 2.32. The van der Waals surface area contributed by atoms with Crippen molar-refractivity contribution in [3.8, 4) is 0 Å². The number of aromatic nitrogens is 1. The molecular weight excluding hydrogens is 174 g/mol. The largest absolute Gasteiger partial charge is 0.381 e. The molecule has 0 fully saturated rings. The topological polar surface area (TPSA) is 33.1 Å². The zero-order valence-corrected chi connectivity index (χ0v) is 8.40. The summed E-state index contributed by atoms with van der Waals surface area (Å²) in [7, 11) is 0. The highest BCUT2D eigenvalue weighted by molar-refractivity contribution is 5.32. The molecule has 0 aromatic carbocycles. The molecule has 0 aliphatic heterocycles. The lowest BCUT2D eigenvalue weighted by atomic mass is 9.83. The Morgan fingerprint density at radius 1 is 1.50 bits per heavy atom. The Morgan fingerprint density at radius 3 is 3.00 bits per heavy atom. The minimum Gasteiger partial charge on any atom is -0.381 e. The van der Waals surface area contributed by atoms with Gasteiger partial charge in [0.25, 0.3) is 0 Å². The van der Waals surface area contributed by atoms with Gasteiger partial charge in [-0.2, -0.15) is 0 Å². The van der Waals surface area contributed by atoms with E-state index in [1.54, 1.807) is 12.4 Å². The second kappa shape index (κ2) is 3.54. The SMILES string of the molecule is Cc1ccncc1C1(O)C=CCCC1. The van der Waals surface area contributed by atoms with E-state index in [9.17, 15) is 5.11 Å². The molecular formula is C12H15NO. The van der Waals surface area contributed by atoms with Crippen molar-refractivity contribution < 1.29 is 5.11 Å². The summed E-state index contributed by atoms with van der Waals surface area (Å²) in [6, 6.07) is 1.94. The average molecular weight is 189 g/mol. The quantitative estimate of drug-likeness (QED) is 0.688. The van der Waals surface area contributed by atoms with Crippen molar-refractivity contribution >= 4 is 0 Å². The van der Waals surface area contributed by atoms with Crippen LogP contribution in [-0.4, -0.2) is 10.1 Å². The van der Waals surface area contributed by atoms with Gasteiger partial charge in [0.1, 0.15) is 5.60 Å². The average Bonchev–Trinajstić information content (AvgIpc) is 2.19. The molecule has 74 valence electrons. The molecule has 0 spiro atoms. The summed E-state index contributed by atoms with van der Waals surface area (Å²) in [6.45, 7) is 2.01. The highest BCUT2D eigenvalue weighted by Gasteiger charge is 2.28. The molecule has 14 heavy (non-hydrogen) atoms. The minimum absolute atomic E-state index is 0.781. The zero-order valence-electron chi connectivity index (χ0n) is 8.40. The lowest BCUT2D eigenvalue weighted by Gasteiger charge is -2.28. The maximum absolute atomic E-state index is 10.4. The Bertz CT molecular complexity index is 359. The summed E-state index contributed by atoms with van der Waals surface area (Å²) >= 11 is 0. The summed E-state index contributed by atoms with van der Waals surface area (Å²) < 4.78 is 0. The third-order valence-corrected chi connectivity index (χ3v) is 2.83. The Balaban J connectivity index is 2.43. The lowest BCUT2D eigenvalue weighted by molar-refractivity contribution is 0.0716. The first-order chi connectivity index (χ1) is 6.72. The van der Waals surface area contributed by atoms with Crippen LogP contribution in [0.2, 0.25) is 0 Å². The number of hydrogen-bond donors (Lipinski definition) is 1. The highest BCUT2D eigenvalue weighted by atomic mass is 16.3. The van der Waals surface area contributed by atoms with Crippen molar-refractivity contribution in [1.29, 1.82) is 0 Å². The molecule has 1 N–H and O–H groups in total. The van der Waals surface area contributed by atoms with Gasteiger partial charge < -0.3 is 5.11 Å². The monoisotopic (exact) mass is 189 g/mol. The first-order valence-corrected chi connectivity index (χ1v) is 5.03. The lowest BCUT2D eigenvalue weighted by Crippen LogP contribution is -2.26. The van der Waals surface area contributed by atoms with Gasteiger partial charge in [-0.3, -0.25) is 4.98 Å². The summed E-state index contributed by atoms with van der Waals surface area (Å²) in [4.78, 5) is 4.07. The minimum atomic E-state index is -0.781. The Kier molecular flexibility index (Phi) is 2.38. The van der Waals surface area contributed by atoms with E-state index in [2.05, 4.69) is 11.1 Å². The number of rotatable bonds is 1. The van der Waals surface area contributed by atoms with Gasteiger partial charge in [0.2, 0.25) is 0 Å². The van der Waals surface area contributed by atoms with Crippen molar-refractivity contribution in [3.63, 3.8) is 0 Å². The van der Waals surface area contributed by atoms with Crippen LogP contribution in [-0.2, 0) is 5.60 Å². The third-order valence-electron chi connectivity index (χ3n) is 2.83. The van der Waals surface area contributed by atoms with Gasteiger partial charge >= 0.3 is 0 Å². The molecule has 1 heterocycles. The van der Waals surface area contributed by atoms with E-state index >= 15 is 0 Å². The summed E-state index contributed by atoms with van der Waals surface area (Å²) in [5.41, 5.74) is 1.27. The number of pyridine rings is 1. The molecule has 1 aromatic heterocycles. The molecule has 1 atom stereocenters. The van der Waals surface area contributed by atoms with E-state index in [1.807, 2.05) is 19.1 Å². The van der Waals surface area contributed by atoms with Crippen LogP contribution in [0.1, 0.15) is 30.4 Å². The number of aliphatic hydroxyl groups is 1. The smallest absolute Gasteiger partial charge is 0.109 e. The summed E-state index contributed by atoms with van der Waals surface area (Å²) in [5, 5.41) is 10.4. The van der Waals surface area contributed by atoms with Crippen molar-refractivity contribution in [3.05, 3.63) is 41.7 Å². The van der Waals surface area contributed by atoms with Crippen LogP contribution in [0.25, 0.3) is 0 Å². The van der Waals surface area contributed by atoms with E-state index in [1.165, 1.54) is 0 Å². The van der Waals surface area contributed by atoms with Crippen LogP contribution in [0.5, 0.6) is 0 Å². The Hall–Kier alpha value is -1.15. The first-order valence-electron chi connectivity index (χ1n) is 5.03. The van der Waals surface area contributed by atoms with Crippen molar-refractivity contribution in [2.45, 2.75) is 31.8 Å². The molecule has 2 heteroatoms. The number of hydrogen-bond acceptors (Lipinski definition) is 2. The molecule has 1 aliphatic carbocycles. The fourth-order valence-corrected chi connectivity index (χ4v) is 1.99. The summed E-state index contributed by atoms with van der Waals surface area (Å²) in [6.07, 6.45) is 10.4. The molecule has 2 rings (SSSR count). The van der Waals surface area contributed by atoms with Gasteiger partial charge in [0.05, 0.1) is 0 Å². The van der Waals surface area contributed by atoms with Gasteiger partial charge in [-0.1, -0.05) is 12.2 Å². The van der Waals surface area contributed by atoms with E-state index < -0.39 is 5.60 Å². The zero-order chi connectivity index (χ0) is 10.0. The van der Waals surface area contributed by atoms with Crippen molar-refractivity contribution in [1.82, 2.24) is 4.98 Å². The van der Waals surface area contributed by atoms with E-state index in [4.69, 9.17) is 0 Å². The molecule has 2 nitrogen and oxygen atoms in total. The molecule has 1 aromatic rings. The van der Waals surface area contributed by atoms with E-state index in [-0.39, 0.29) is 0 Å². The van der Waals surface area contributed by atoms with Crippen LogP contribution in [0.15, 0.2) is 30.6 Å². The second-order valence-electron chi connectivity index (χ2n) is 3.91. The van der Waals surface area contributed by atoms with Gasteiger partial charge in [0.15, 0.2) is 0 Å². The van der Waals surface area contributed by atoms with Crippen LogP contribution < -0.4 is 0 Å². The predicted molar refractivity (Wildman–Crippen MR) is 55.9 cm³/mol. The van der Waals surface area contributed by atoms with Crippen molar-refractivity contribution in [2.75, 3.05) is 0 Å². The number of aryl methyl sites for hydroxylation is 1. The Labute approximate surface area is 84.3 Å². The van der Waals surface area contributed by atoms with Crippen molar-refractivity contribution in [2.24, 2.45) is 0 Å². The van der Waals surface area contributed by atoms with Crippen LogP contribution in [0.4, 0.5) is 0 Å². The van der Waals surface area contributed by atoms with Crippen LogP contribution in [0.3, 0.4) is 0 Å². The highest BCUT2D eigenvalue weighted by Crippen LogP contribution is 2.33. The Morgan fingerprint density at radius 2 is 2.36 bits per heavy atom. The van der Waals surface area contributed by atoms with Crippen LogP contribution >= 0.6 is 0 Å². The van der Waals surface area contributed by atoms with E-state index in [0.29, 0.717) is 0 Å². The van der Waals surface area contributed by atoms with Crippen LogP contribution in [0, 0.1) is 6.92 Å². The maximum atomic E-state index is 10.4. The molecule has 0 bridgehead atoms. The number of nitrogens with zero attached hydrogens (tertiary/aromatic N) is 1. The first kappa shape index (κ1) is 9.41. The van der Waals surface area contributed by atoms with Gasteiger partial charge in [-0.25, -0.2) is 0 Å². The van der Waals surface area contributed by atoms with Gasteiger partial charge in [0, 0.05) is 18.0 Å². The molecule has 0 saturated carbocycles. The van der Waals surface area contributed by atoms with E-state index in [0.717, 1.165) is 30.4 Å². The standard InChI is InChI=1S/C12H15NO/c1-10-5-8-13-9-11(10)12(14)6-3-2-4-7-12/h3,5-6,8-9,14H,2,4,7H2,1H3. The molecule has 1 aliphatic rings. The third kappa shape index (κ3) is 1.58. The molecule has 1 unspecified atom stereocenters. The normalized spacial score (nSPS) is 26.4. The second-order valence-corrected chi connectivity index (χ2v) is 3.91. The fourth-order valence-electron chi connectivity index (χ4n) is 1.99. The maximum Gasteiger partial charge on any atom is 0.109 e. The summed E-state index contributed by atoms with van der Waals surface area (Å²) in [5.74, 6) is 0.